The second-order valence-electron chi connectivity index (χ2n) is 25.5. The topological polar surface area (TPSA) is 237 Å². The Morgan fingerprint density at radius 1 is 0.310 bits per heavy atom. The lowest BCUT2D eigenvalue weighted by Gasteiger charge is -2.21. The molecule has 0 aromatic carbocycles. The molecule has 0 saturated carbocycles. The SMILES string of the molecule is CCCCCCCCCCCCCCCCCCCCCCC(=O)O[C@H](COC(=O)CCCCCCCCCCC(C)C)COP(=O)(O)OC[C@@H](O)COP(=O)(O)OC[C@@H](COC(=O)CCCCCCC)OC(=O)CCCCCCCCCCC(C)C. The molecule has 0 aliphatic heterocycles. The van der Waals surface area contributed by atoms with Gasteiger partial charge in [-0.25, -0.2) is 9.13 Å². The minimum Gasteiger partial charge on any atom is -0.462 e. The summed E-state index contributed by atoms with van der Waals surface area (Å²) in [6, 6.07) is 0. The molecule has 5 atom stereocenters. The van der Waals surface area contributed by atoms with Gasteiger partial charge in [0.15, 0.2) is 12.2 Å². The van der Waals surface area contributed by atoms with E-state index in [9.17, 15) is 43.2 Å². The summed E-state index contributed by atoms with van der Waals surface area (Å²) in [5.74, 6) is -0.697. The van der Waals surface area contributed by atoms with Gasteiger partial charge in [0, 0.05) is 25.7 Å². The molecule has 0 amide bonds. The zero-order chi connectivity index (χ0) is 64.3. The number of aliphatic hydroxyl groups excluding tert-OH is 1. The van der Waals surface area contributed by atoms with E-state index in [-0.39, 0.29) is 25.7 Å². The quantitative estimate of drug-likeness (QED) is 0.0222. The van der Waals surface area contributed by atoms with Crippen molar-refractivity contribution in [2.24, 2.45) is 11.8 Å². The Morgan fingerprint density at radius 2 is 0.529 bits per heavy atom. The van der Waals surface area contributed by atoms with Crippen molar-refractivity contribution < 1.29 is 80.2 Å². The van der Waals surface area contributed by atoms with Gasteiger partial charge in [-0.3, -0.25) is 37.3 Å². The lowest BCUT2D eigenvalue weighted by atomic mass is 10.0. The van der Waals surface area contributed by atoms with Crippen LogP contribution in [0.3, 0.4) is 0 Å². The molecule has 19 heteroatoms. The molecule has 0 spiro atoms. The van der Waals surface area contributed by atoms with E-state index in [1.807, 2.05) is 0 Å². The molecule has 0 aliphatic carbocycles. The number of ether oxygens (including phenoxy) is 4. The van der Waals surface area contributed by atoms with E-state index in [0.717, 1.165) is 108 Å². The highest BCUT2D eigenvalue weighted by molar-refractivity contribution is 7.47. The van der Waals surface area contributed by atoms with Crippen molar-refractivity contribution in [2.45, 2.75) is 362 Å². The number of rotatable bonds is 67. The number of hydrogen-bond donors (Lipinski definition) is 3. The summed E-state index contributed by atoms with van der Waals surface area (Å²) in [6.07, 6.45) is 45.1. The van der Waals surface area contributed by atoms with Crippen molar-refractivity contribution in [2.75, 3.05) is 39.6 Å². The summed E-state index contributed by atoms with van der Waals surface area (Å²) in [4.78, 5) is 72.1. The Bertz CT molecular complexity index is 1700. The predicted molar refractivity (Wildman–Crippen MR) is 349 cm³/mol. The second-order valence-corrected chi connectivity index (χ2v) is 28.4. The molecule has 3 N–H and O–H groups in total. The summed E-state index contributed by atoms with van der Waals surface area (Å²) in [6.45, 7) is 9.36. The zero-order valence-corrected chi connectivity index (χ0v) is 58.1. The molecule has 0 radical (unpaired) electrons. The molecule has 0 bridgehead atoms. The zero-order valence-electron chi connectivity index (χ0n) is 56.3. The Balaban J connectivity index is 5.11. The van der Waals surface area contributed by atoms with Crippen LogP contribution in [0.2, 0.25) is 0 Å². The molecule has 0 aromatic heterocycles. The van der Waals surface area contributed by atoms with Crippen LogP contribution in [-0.2, 0) is 65.4 Å². The maximum atomic E-state index is 13.0. The molecule has 516 valence electrons. The average molecular weight is 1280 g/mol. The van der Waals surface area contributed by atoms with Crippen molar-refractivity contribution in [3.63, 3.8) is 0 Å². The average Bonchev–Trinajstić information content (AvgIpc) is 3.65. The van der Waals surface area contributed by atoms with Gasteiger partial charge in [-0.1, -0.05) is 292 Å². The van der Waals surface area contributed by atoms with Gasteiger partial charge in [0.1, 0.15) is 19.3 Å². The fourth-order valence-corrected chi connectivity index (χ4v) is 11.8. The number of carbonyl (C=O) groups excluding carboxylic acids is 4. The van der Waals surface area contributed by atoms with E-state index in [1.54, 1.807) is 0 Å². The third-order valence-corrected chi connectivity index (χ3v) is 17.6. The summed E-state index contributed by atoms with van der Waals surface area (Å²) < 4.78 is 67.9. The molecule has 0 aromatic rings. The first-order chi connectivity index (χ1) is 41.9. The lowest BCUT2D eigenvalue weighted by Crippen LogP contribution is -2.30. The third kappa shape index (κ3) is 62.6. The van der Waals surface area contributed by atoms with Crippen LogP contribution < -0.4 is 0 Å². The van der Waals surface area contributed by atoms with Crippen LogP contribution in [0.25, 0.3) is 0 Å². The summed E-state index contributed by atoms with van der Waals surface area (Å²) >= 11 is 0. The van der Waals surface area contributed by atoms with Crippen molar-refractivity contribution in [3.8, 4) is 0 Å². The van der Waals surface area contributed by atoms with E-state index in [1.165, 1.54) is 154 Å². The highest BCUT2D eigenvalue weighted by Gasteiger charge is 2.30. The van der Waals surface area contributed by atoms with E-state index in [4.69, 9.17) is 37.0 Å². The number of hydrogen-bond acceptors (Lipinski definition) is 15. The number of esters is 4. The van der Waals surface area contributed by atoms with Gasteiger partial charge in [-0.15, -0.1) is 0 Å². The normalized spacial score (nSPS) is 14.2. The fraction of sp³-hybridized carbons (Fsp3) is 0.941. The summed E-state index contributed by atoms with van der Waals surface area (Å²) in [5, 5.41) is 10.5. The monoisotopic (exact) mass is 1280 g/mol. The van der Waals surface area contributed by atoms with Gasteiger partial charge >= 0.3 is 39.5 Å². The van der Waals surface area contributed by atoms with Gasteiger partial charge in [-0.05, 0) is 37.5 Å². The van der Waals surface area contributed by atoms with Crippen LogP contribution in [0.15, 0.2) is 0 Å². The molecular weight excluding hydrogens is 1150 g/mol. The number of phosphoric acid groups is 2. The Hall–Kier alpha value is -1.94. The first kappa shape index (κ1) is 85.1. The van der Waals surface area contributed by atoms with Crippen molar-refractivity contribution >= 4 is 39.5 Å². The fourth-order valence-electron chi connectivity index (χ4n) is 10.2. The second kappa shape index (κ2) is 60.3. The summed E-state index contributed by atoms with van der Waals surface area (Å²) in [7, 11) is -9.89. The van der Waals surface area contributed by atoms with Gasteiger partial charge in [0.2, 0.25) is 0 Å². The predicted octanol–water partition coefficient (Wildman–Crippen LogP) is 19.2. The minimum absolute atomic E-state index is 0.103. The molecule has 0 aliphatic rings. The molecule has 0 fully saturated rings. The third-order valence-electron chi connectivity index (χ3n) is 15.7. The van der Waals surface area contributed by atoms with Crippen LogP contribution >= 0.6 is 15.6 Å². The first-order valence-electron chi connectivity index (χ1n) is 35.5. The molecule has 87 heavy (non-hydrogen) atoms. The molecule has 0 heterocycles. The Kier molecular flexibility index (Phi) is 59.0. The standard InChI is InChI=1S/C68H132O17P2/c1-7-9-11-13-14-15-16-17-18-19-20-21-22-23-24-25-26-34-40-46-52-67(72)85-64(57-79-66(71)51-45-39-33-29-27-31-37-42-48-60(3)4)59-83-87(76,77)81-55-62(69)54-80-86(74,75)82-58-63(56-78-65(70)50-44-36-12-10-8-2)84-68(73)53-47-41-35-30-28-32-38-43-49-61(5)6/h60-64,69H,7-59H2,1-6H3,(H,74,75)(H,76,77)/t62-,63+,64+/m0/s1. The van der Waals surface area contributed by atoms with Crippen LogP contribution in [0.4, 0.5) is 0 Å². The molecule has 0 saturated heterocycles. The lowest BCUT2D eigenvalue weighted by molar-refractivity contribution is -0.161. The molecule has 0 rings (SSSR count). The number of aliphatic hydroxyl groups is 1. The van der Waals surface area contributed by atoms with Crippen LogP contribution in [-0.4, -0.2) is 96.7 Å². The van der Waals surface area contributed by atoms with Crippen molar-refractivity contribution in [1.29, 1.82) is 0 Å². The maximum absolute atomic E-state index is 13.0. The van der Waals surface area contributed by atoms with E-state index in [0.29, 0.717) is 25.7 Å². The van der Waals surface area contributed by atoms with Gasteiger partial charge in [0.25, 0.3) is 0 Å². The first-order valence-corrected chi connectivity index (χ1v) is 38.5. The van der Waals surface area contributed by atoms with E-state index < -0.39 is 97.5 Å². The van der Waals surface area contributed by atoms with Gasteiger partial charge < -0.3 is 33.8 Å². The van der Waals surface area contributed by atoms with Gasteiger partial charge in [0.05, 0.1) is 26.4 Å². The molecule has 2 unspecified atom stereocenters. The number of unbranched alkanes of at least 4 members (excludes halogenated alkanes) is 37. The molecule has 17 nitrogen and oxygen atoms in total. The smallest absolute Gasteiger partial charge is 0.462 e. The highest BCUT2D eigenvalue weighted by Crippen LogP contribution is 2.45. The van der Waals surface area contributed by atoms with E-state index >= 15 is 0 Å². The largest absolute Gasteiger partial charge is 0.472 e. The van der Waals surface area contributed by atoms with Gasteiger partial charge in [-0.2, -0.15) is 0 Å². The van der Waals surface area contributed by atoms with Crippen molar-refractivity contribution in [1.82, 2.24) is 0 Å². The minimum atomic E-state index is -4.95. The Morgan fingerprint density at radius 3 is 0.782 bits per heavy atom. The van der Waals surface area contributed by atoms with Crippen LogP contribution in [0.1, 0.15) is 343 Å². The molecular formula is C68H132O17P2. The van der Waals surface area contributed by atoms with Crippen LogP contribution in [0, 0.1) is 11.8 Å². The summed E-state index contributed by atoms with van der Waals surface area (Å²) in [5.41, 5.74) is 0. The van der Waals surface area contributed by atoms with Crippen molar-refractivity contribution in [3.05, 3.63) is 0 Å². The maximum Gasteiger partial charge on any atom is 0.472 e. The number of carbonyl (C=O) groups is 4. The van der Waals surface area contributed by atoms with E-state index in [2.05, 4.69) is 41.5 Å². The number of phosphoric ester groups is 2. The Labute approximate surface area is 530 Å². The van der Waals surface area contributed by atoms with Crippen LogP contribution in [0.5, 0.6) is 0 Å². The highest BCUT2D eigenvalue weighted by atomic mass is 31.2.